The molecule has 1 aliphatic rings. The van der Waals surface area contributed by atoms with Crippen LogP contribution in [-0.2, 0) is 11.3 Å². The van der Waals surface area contributed by atoms with Crippen LogP contribution in [0.4, 0.5) is 8.78 Å². The zero-order valence-electron chi connectivity index (χ0n) is 11.0. The molecule has 0 atom stereocenters. The third-order valence-electron chi connectivity index (χ3n) is 3.36. The summed E-state index contributed by atoms with van der Waals surface area (Å²) in [5.41, 5.74) is -0.200. The van der Waals surface area contributed by atoms with Crippen LogP contribution in [0.1, 0.15) is 18.4 Å². The molecule has 5 heteroatoms. The van der Waals surface area contributed by atoms with Crippen molar-refractivity contribution in [2.24, 2.45) is 0 Å². The Bertz CT molecular complexity index is 413. The first-order valence-electron chi connectivity index (χ1n) is 6.40. The van der Waals surface area contributed by atoms with Gasteiger partial charge in [0, 0.05) is 45.2 Å². The van der Waals surface area contributed by atoms with Crippen LogP contribution in [0.25, 0.3) is 0 Å². The summed E-state index contributed by atoms with van der Waals surface area (Å²) in [5, 5.41) is 10.4. The van der Waals surface area contributed by atoms with Crippen LogP contribution >= 0.6 is 0 Å². The molecule has 1 heterocycles. The van der Waals surface area contributed by atoms with Crippen LogP contribution in [0, 0.1) is 11.6 Å². The van der Waals surface area contributed by atoms with Crippen molar-refractivity contribution in [3.8, 4) is 0 Å². The van der Waals surface area contributed by atoms with Gasteiger partial charge in [-0.3, -0.25) is 4.90 Å². The van der Waals surface area contributed by atoms with Crippen molar-refractivity contribution in [1.29, 1.82) is 0 Å². The second-order valence-electron chi connectivity index (χ2n) is 5.29. The smallest absolute Gasteiger partial charge is 0.126 e. The summed E-state index contributed by atoms with van der Waals surface area (Å²) in [6.45, 7) is 1.98. The maximum Gasteiger partial charge on any atom is 0.126 e. The van der Waals surface area contributed by atoms with E-state index >= 15 is 0 Å². The van der Waals surface area contributed by atoms with Crippen molar-refractivity contribution in [2.75, 3.05) is 26.8 Å². The van der Waals surface area contributed by atoms with Crippen molar-refractivity contribution in [3.05, 3.63) is 35.4 Å². The molecule has 1 N–H and O–H groups in total. The molecule has 1 aromatic rings. The van der Waals surface area contributed by atoms with Gasteiger partial charge in [0.25, 0.3) is 0 Å². The van der Waals surface area contributed by atoms with Gasteiger partial charge in [-0.25, -0.2) is 8.78 Å². The average Bonchev–Trinajstić information content (AvgIpc) is 2.27. The highest BCUT2D eigenvalue weighted by Gasteiger charge is 2.30. The molecule has 0 spiro atoms. The van der Waals surface area contributed by atoms with Gasteiger partial charge < -0.3 is 9.84 Å². The number of rotatable bonds is 4. The normalized spacial score (nSPS) is 18.8. The van der Waals surface area contributed by atoms with Gasteiger partial charge >= 0.3 is 0 Å². The van der Waals surface area contributed by atoms with Crippen molar-refractivity contribution >= 4 is 0 Å². The van der Waals surface area contributed by atoms with Crippen molar-refractivity contribution in [2.45, 2.75) is 25.0 Å². The highest BCUT2D eigenvalue weighted by Crippen LogP contribution is 2.22. The Morgan fingerprint density at radius 1 is 1.21 bits per heavy atom. The zero-order valence-corrected chi connectivity index (χ0v) is 11.0. The number of aliphatic hydroxyl groups is 1. The molecule has 0 saturated carbocycles. The van der Waals surface area contributed by atoms with Crippen molar-refractivity contribution in [1.82, 2.24) is 4.90 Å². The summed E-state index contributed by atoms with van der Waals surface area (Å²) in [5.74, 6) is -1.15. The SMILES string of the molecule is CN(Cc1cc(F)cc(F)c1)CC1(O)CCOCC1. The summed E-state index contributed by atoms with van der Waals surface area (Å²) in [6.07, 6.45) is 1.18. The second kappa shape index (κ2) is 5.94. The van der Waals surface area contributed by atoms with E-state index in [-0.39, 0.29) is 0 Å². The number of halogens is 2. The van der Waals surface area contributed by atoms with Crippen molar-refractivity contribution < 1.29 is 18.6 Å². The van der Waals surface area contributed by atoms with Crippen LogP contribution in [0.3, 0.4) is 0 Å². The summed E-state index contributed by atoms with van der Waals surface area (Å²) in [7, 11) is 1.83. The molecule has 1 fully saturated rings. The summed E-state index contributed by atoms with van der Waals surface area (Å²) >= 11 is 0. The van der Waals surface area contributed by atoms with E-state index in [2.05, 4.69) is 0 Å². The predicted octanol–water partition coefficient (Wildman–Crippen LogP) is 1.94. The highest BCUT2D eigenvalue weighted by molar-refractivity contribution is 5.17. The van der Waals surface area contributed by atoms with E-state index in [0.29, 0.717) is 44.7 Å². The molecule has 19 heavy (non-hydrogen) atoms. The molecule has 1 aromatic carbocycles. The lowest BCUT2D eigenvalue weighted by Crippen LogP contribution is -2.45. The van der Waals surface area contributed by atoms with Gasteiger partial charge in [-0.15, -0.1) is 0 Å². The number of benzene rings is 1. The van der Waals surface area contributed by atoms with Crippen LogP contribution < -0.4 is 0 Å². The minimum absolute atomic E-state index is 0.401. The van der Waals surface area contributed by atoms with Crippen LogP contribution in [0.15, 0.2) is 18.2 Å². The van der Waals surface area contributed by atoms with Crippen LogP contribution in [0.5, 0.6) is 0 Å². The average molecular weight is 271 g/mol. The molecule has 0 unspecified atom stereocenters. The van der Waals surface area contributed by atoms with Crippen LogP contribution in [0.2, 0.25) is 0 Å². The number of ether oxygens (including phenoxy) is 1. The predicted molar refractivity (Wildman–Crippen MR) is 67.7 cm³/mol. The van der Waals surface area contributed by atoms with Gasteiger partial charge in [0.1, 0.15) is 11.6 Å². The largest absolute Gasteiger partial charge is 0.388 e. The molecular weight excluding hydrogens is 252 g/mol. The maximum atomic E-state index is 13.1. The lowest BCUT2D eigenvalue weighted by molar-refractivity contribution is -0.0777. The van der Waals surface area contributed by atoms with Gasteiger partial charge in [-0.2, -0.15) is 0 Å². The molecule has 2 rings (SSSR count). The van der Waals surface area contributed by atoms with E-state index < -0.39 is 17.2 Å². The summed E-state index contributed by atoms with van der Waals surface area (Å²) in [4.78, 5) is 1.87. The fraction of sp³-hybridized carbons (Fsp3) is 0.571. The van der Waals surface area contributed by atoms with E-state index in [1.165, 1.54) is 12.1 Å². The fourth-order valence-electron chi connectivity index (χ4n) is 2.48. The number of likely N-dealkylation sites (N-methyl/N-ethyl adjacent to an activating group) is 1. The molecule has 0 radical (unpaired) electrons. The Balaban J connectivity index is 1.94. The van der Waals surface area contributed by atoms with Gasteiger partial charge in [-0.05, 0) is 24.7 Å². The van der Waals surface area contributed by atoms with Gasteiger partial charge in [-0.1, -0.05) is 0 Å². The van der Waals surface area contributed by atoms with Gasteiger partial charge in [0.2, 0.25) is 0 Å². The van der Waals surface area contributed by atoms with Gasteiger partial charge in [0.15, 0.2) is 0 Å². The first kappa shape index (κ1) is 14.4. The highest BCUT2D eigenvalue weighted by atomic mass is 19.1. The molecule has 0 amide bonds. The molecule has 3 nitrogen and oxygen atoms in total. The third kappa shape index (κ3) is 4.23. The van der Waals surface area contributed by atoms with E-state index in [9.17, 15) is 13.9 Å². The molecule has 1 aliphatic heterocycles. The molecule has 106 valence electrons. The topological polar surface area (TPSA) is 32.7 Å². The third-order valence-corrected chi connectivity index (χ3v) is 3.36. The monoisotopic (exact) mass is 271 g/mol. The molecular formula is C14H19F2NO2. The van der Waals surface area contributed by atoms with E-state index in [1.807, 2.05) is 11.9 Å². The van der Waals surface area contributed by atoms with E-state index in [4.69, 9.17) is 4.74 Å². The Morgan fingerprint density at radius 3 is 2.37 bits per heavy atom. The fourth-order valence-corrected chi connectivity index (χ4v) is 2.48. The maximum absolute atomic E-state index is 13.1. The Kier molecular flexibility index (Phi) is 4.50. The molecule has 0 aromatic heterocycles. The molecule has 1 saturated heterocycles. The molecule has 0 bridgehead atoms. The summed E-state index contributed by atoms with van der Waals surface area (Å²) in [6, 6.07) is 3.48. The Morgan fingerprint density at radius 2 is 1.79 bits per heavy atom. The zero-order chi connectivity index (χ0) is 13.9. The van der Waals surface area contributed by atoms with Gasteiger partial charge in [0.05, 0.1) is 5.60 Å². The standard InChI is InChI=1S/C14H19F2NO2/c1-17(10-14(18)2-4-19-5-3-14)9-11-6-12(15)8-13(16)7-11/h6-8,18H,2-5,9-10H2,1H3. The van der Waals surface area contributed by atoms with E-state index in [1.54, 1.807) is 0 Å². The van der Waals surface area contributed by atoms with Crippen LogP contribution in [-0.4, -0.2) is 42.4 Å². The van der Waals surface area contributed by atoms with Crippen molar-refractivity contribution in [3.63, 3.8) is 0 Å². The van der Waals surface area contributed by atoms with E-state index in [0.717, 1.165) is 6.07 Å². The minimum atomic E-state index is -0.765. The Labute approximate surface area is 111 Å². The first-order chi connectivity index (χ1) is 8.97. The summed E-state index contributed by atoms with van der Waals surface area (Å²) < 4.78 is 31.4. The number of hydrogen-bond donors (Lipinski definition) is 1. The number of nitrogens with zero attached hydrogens (tertiary/aromatic N) is 1. The number of hydrogen-bond acceptors (Lipinski definition) is 3. The quantitative estimate of drug-likeness (QED) is 0.908. The molecule has 0 aliphatic carbocycles. The second-order valence-corrected chi connectivity index (χ2v) is 5.29. The minimum Gasteiger partial charge on any atom is -0.388 e. The lowest BCUT2D eigenvalue weighted by Gasteiger charge is -2.35. The first-order valence-corrected chi connectivity index (χ1v) is 6.40. The Hall–Kier alpha value is -1.04. The lowest BCUT2D eigenvalue weighted by atomic mass is 9.94.